The number of aryl methyl sites for hydroxylation is 1. The third-order valence-corrected chi connectivity index (χ3v) is 4.90. The first-order chi connectivity index (χ1) is 11.0. The van der Waals surface area contributed by atoms with E-state index in [4.69, 9.17) is 4.74 Å². The van der Waals surface area contributed by atoms with Gasteiger partial charge in [-0.05, 0) is 42.8 Å². The van der Waals surface area contributed by atoms with Gasteiger partial charge in [0.05, 0.1) is 29.4 Å². The van der Waals surface area contributed by atoms with Crippen molar-refractivity contribution in [2.24, 2.45) is 0 Å². The third kappa shape index (κ3) is 3.12. The summed E-state index contributed by atoms with van der Waals surface area (Å²) in [6.45, 7) is 1.80. The van der Waals surface area contributed by atoms with Crippen LogP contribution in [0.4, 0.5) is 5.69 Å². The molecule has 1 N–H and O–H groups in total. The molecule has 0 aliphatic carbocycles. The van der Waals surface area contributed by atoms with Crippen LogP contribution in [-0.2, 0) is 10.0 Å². The zero-order chi connectivity index (χ0) is 16.4. The maximum atomic E-state index is 12.5. The van der Waals surface area contributed by atoms with Gasteiger partial charge in [0.15, 0.2) is 0 Å². The first kappa shape index (κ1) is 15.3. The minimum atomic E-state index is -3.68. The first-order valence-corrected chi connectivity index (χ1v) is 8.50. The van der Waals surface area contributed by atoms with Crippen molar-refractivity contribution >= 4 is 26.6 Å². The van der Waals surface area contributed by atoms with E-state index >= 15 is 0 Å². The van der Waals surface area contributed by atoms with Crippen LogP contribution in [0.15, 0.2) is 59.6 Å². The van der Waals surface area contributed by atoms with E-state index in [-0.39, 0.29) is 4.90 Å². The monoisotopic (exact) mass is 328 g/mol. The fourth-order valence-electron chi connectivity index (χ4n) is 2.36. The van der Waals surface area contributed by atoms with Crippen molar-refractivity contribution in [1.82, 2.24) is 4.98 Å². The van der Waals surface area contributed by atoms with Crippen LogP contribution in [0.5, 0.6) is 5.75 Å². The molecule has 0 fully saturated rings. The van der Waals surface area contributed by atoms with Gasteiger partial charge in [-0.1, -0.05) is 18.2 Å². The second-order valence-corrected chi connectivity index (χ2v) is 6.84. The van der Waals surface area contributed by atoms with E-state index in [1.54, 1.807) is 32.2 Å². The van der Waals surface area contributed by atoms with Crippen molar-refractivity contribution in [2.75, 3.05) is 11.8 Å². The number of para-hydroxylation sites is 1. The Kier molecular flexibility index (Phi) is 3.92. The molecule has 0 aliphatic rings. The zero-order valence-corrected chi connectivity index (χ0v) is 13.6. The topological polar surface area (TPSA) is 68.3 Å². The Morgan fingerprint density at radius 1 is 1.09 bits per heavy atom. The number of ether oxygens (including phenoxy) is 1. The second-order valence-electron chi connectivity index (χ2n) is 5.15. The van der Waals surface area contributed by atoms with E-state index < -0.39 is 10.0 Å². The predicted molar refractivity (Wildman–Crippen MR) is 90.3 cm³/mol. The number of anilines is 1. The zero-order valence-electron chi connectivity index (χ0n) is 12.8. The summed E-state index contributed by atoms with van der Waals surface area (Å²) in [6.07, 6.45) is 1.51. The average molecular weight is 328 g/mol. The fourth-order valence-corrected chi connectivity index (χ4v) is 3.48. The van der Waals surface area contributed by atoms with E-state index in [0.29, 0.717) is 11.4 Å². The molecule has 0 radical (unpaired) electrons. The third-order valence-electron chi connectivity index (χ3n) is 3.52. The van der Waals surface area contributed by atoms with Crippen molar-refractivity contribution in [3.63, 3.8) is 0 Å². The molecule has 0 bridgehead atoms. The van der Waals surface area contributed by atoms with Crippen LogP contribution in [0.1, 0.15) is 5.56 Å². The summed E-state index contributed by atoms with van der Waals surface area (Å²) < 4.78 is 32.7. The molecule has 0 atom stereocenters. The highest BCUT2D eigenvalue weighted by Crippen LogP contribution is 2.24. The molecule has 1 aromatic heterocycles. The first-order valence-electron chi connectivity index (χ1n) is 7.02. The number of nitrogens with one attached hydrogen (secondary N) is 1. The smallest absolute Gasteiger partial charge is 0.261 e. The van der Waals surface area contributed by atoms with E-state index in [1.165, 1.54) is 12.3 Å². The van der Waals surface area contributed by atoms with Crippen molar-refractivity contribution in [3.8, 4) is 5.75 Å². The van der Waals surface area contributed by atoms with Gasteiger partial charge in [-0.2, -0.15) is 0 Å². The SMILES string of the molecule is COc1ccc(S(=O)(=O)Nc2cnc3ccccc3c2)cc1C. The van der Waals surface area contributed by atoms with Crippen LogP contribution in [0.3, 0.4) is 0 Å². The standard InChI is InChI=1S/C17H16N2O3S/c1-12-9-15(7-8-17(12)22-2)23(20,21)19-14-10-13-5-3-4-6-16(13)18-11-14/h3-11,19H,1-2H3. The lowest BCUT2D eigenvalue weighted by Gasteiger charge is -2.11. The van der Waals surface area contributed by atoms with Gasteiger partial charge in [0.25, 0.3) is 10.0 Å². The molecule has 2 aromatic carbocycles. The lowest BCUT2D eigenvalue weighted by atomic mass is 10.2. The highest BCUT2D eigenvalue weighted by atomic mass is 32.2. The van der Waals surface area contributed by atoms with Gasteiger partial charge < -0.3 is 4.74 Å². The maximum absolute atomic E-state index is 12.5. The van der Waals surface area contributed by atoms with Crippen molar-refractivity contribution in [1.29, 1.82) is 0 Å². The quantitative estimate of drug-likeness (QED) is 0.797. The van der Waals surface area contributed by atoms with Crippen LogP contribution in [0, 0.1) is 6.92 Å². The number of benzene rings is 2. The molecule has 1 heterocycles. The summed E-state index contributed by atoms with van der Waals surface area (Å²) in [4.78, 5) is 4.44. The maximum Gasteiger partial charge on any atom is 0.261 e. The summed E-state index contributed by atoms with van der Waals surface area (Å²) in [5.74, 6) is 0.649. The number of hydrogen-bond acceptors (Lipinski definition) is 4. The van der Waals surface area contributed by atoms with Gasteiger partial charge in [0, 0.05) is 5.39 Å². The van der Waals surface area contributed by atoms with Crippen LogP contribution in [-0.4, -0.2) is 20.5 Å². The molecule has 0 saturated carbocycles. The number of fused-ring (bicyclic) bond motifs is 1. The van der Waals surface area contributed by atoms with Crippen molar-refractivity contribution in [2.45, 2.75) is 11.8 Å². The number of pyridine rings is 1. The predicted octanol–water partition coefficient (Wildman–Crippen LogP) is 3.35. The van der Waals surface area contributed by atoms with Gasteiger partial charge in [-0.25, -0.2) is 8.42 Å². The summed E-state index contributed by atoms with van der Waals surface area (Å²) in [5, 5.41) is 0.874. The number of aromatic nitrogens is 1. The van der Waals surface area contributed by atoms with Gasteiger partial charge in [0.1, 0.15) is 5.75 Å². The minimum absolute atomic E-state index is 0.184. The molecule has 0 saturated heterocycles. The molecule has 5 nitrogen and oxygen atoms in total. The van der Waals surface area contributed by atoms with E-state index in [0.717, 1.165) is 16.5 Å². The Balaban J connectivity index is 1.94. The van der Waals surface area contributed by atoms with Gasteiger partial charge >= 0.3 is 0 Å². The number of rotatable bonds is 4. The van der Waals surface area contributed by atoms with Crippen LogP contribution in [0.2, 0.25) is 0 Å². The number of methoxy groups -OCH3 is 1. The molecule has 0 spiro atoms. The lowest BCUT2D eigenvalue weighted by Crippen LogP contribution is -2.13. The molecule has 118 valence electrons. The fraction of sp³-hybridized carbons (Fsp3) is 0.118. The molecular formula is C17H16N2O3S. The Morgan fingerprint density at radius 3 is 2.61 bits per heavy atom. The van der Waals surface area contributed by atoms with Gasteiger partial charge in [-0.15, -0.1) is 0 Å². The average Bonchev–Trinajstić information content (AvgIpc) is 2.54. The lowest BCUT2D eigenvalue weighted by molar-refractivity contribution is 0.411. The van der Waals surface area contributed by atoms with Crippen molar-refractivity contribution < 1.29 is 13.2 Å². The molecule has 0 unspecified atom stereocenters. The van der Waals surface area contributed by atoms with Crippen LogP contribution < -0.4 is 9.46 Å². The summed E-state index contributed by atoms with van der Waals surface area (Å²) in [5.41, 5.74) is 2.00. The second kappa shape index (κ2) is 5.89. The Morgan fingerprint density at radius 2 is 1.87 bits per heavy atom. The van der Waals surface area contributed by atoms with Crippen LogP contribution >= 0.6 is 0 Å². The molecule has 0 aliphatic heterocycles. The number of hydrogen-bond donors (Lipinski definition) is 1. The van der Waals surface area contributed by atoms with Crippen LogP contribution in [0.25, 0.3) is 10.9 Å². The van der Waals surface area contributed by atoms with Crippen molar-refractivity contribution in [3.05, 3.63) is 60.3 Å². The van der Waals surface area contributed by atoms with E-state index in [2.05, 4.69) is 9.71 Å². The van der Waals surface area contributed by atoms with Gasteiger partial charge in [0.2, 0.25) is 0 Å². The minimum Gasteiger partial charge on any atom is -0.496 e. The number of nitrogens with zero attached hydrogens (tertiary/aromatic N) is 1. The highest BCUT2D eigenvalue weighted by molar-refractivity contribution is 7.92. The Bertz CT molecular complexity index is 968. The summed E-state index contributed by atoms with van der Waals surface area (Å²) in [6, 6.07) is 14.0. The summed E-state index contributed by atoms with van der Waals surface area (Å²) in [7, 11) is -2.12. The Hall–Kier alpha value is -2.60. The Labute approximate surface area is 135 Å². The number of sulfonamides is 1. The normalized spacial score (nSPS) is 11.4. The molecule has 23 heavy (non-hydrogen) atoms. The van der Waals surface area contributed by atoms with Gasteiger partial charge in [-0.3, -0.25) is 9.71 Å². The molecule has 0 amide bonds. The summed E-state index contributed by atoms with van der Waals surface area (Å²) >= 11 is 0. The van der Waals surface area contributed by atoms with E-state index in [9.17, 15) is 8.42 Å². The van der Waals surface area contributed by atoms with E-state index in [1.807, 2.05) is 24.3 Å². The molecular weight excluding hydrogens is 312 g/mol. The largest absolute Gasteiger partial charge is 0.496 e. The molecule has 6 heteroatoms. The highest BCUT2D eigenvalue weighted by Gasteiger charge is 2.16. The molecule has 3 aromatic rings. The molecule has 3 rings (SSSR count).